The lowest BCUT2D eigenvalue weighted by atomic mass is 10.0. The third-order valence-electron chi connectivity index (χ3n) is 4.58. The van der Waals surface area contributed by atoms with Gasteiger partial charge >= 0.3 is 12.1 Å². The number of ether oxygens (including phenoxy) is 2. The summed E-state index contributed by atoms with van der Waals surface area (Å²) in [5.74, 6) is -0.640. The molecule has 0 aliphatic carbocycles. The molecular weight excluding hydrogens is 378 g/mol. The number of aromatic nitrogens is 1. The van der Waals surface area contributed by atoms with Crippen molar-refractivity contribution >= 4 is 34.3 Å². The largest absolute Gasteiger partial charge is 0.467 e. The van der Waals surface area contributed by atoms with Gasteiger partial charge in [-0.3, -0.25) is 15.0 Å². The number of non-ortho nitro benzene ring substituents is 1. The van der Waals surface area contributed by atoms with Gasteiger partial charge in [0.25, 0.3) is 5.69 Å². The minimum atomic E-state index is -1.03. The highest BCUT2D eigenvalue weighted by molar-refractivity contribution is 5.96. The molecule has 1 heterocycles. The van der Waals surface area contributed by atoms with Gasteiger partial charge in [-0.2, -0.15) is 0 Å². The van der Waals surface area contributed by atoms with Crippen molar-refractivity contribution in [3.8, 4) is 0 Å². The second-order valence-electron chi connectivity index (χ2n) is 6.22. The second kappa shape index (κ2) is 8.42. The zero-order valence-electron chi connectivity index (χ0n) is 15.8. The number of rotatable bonds is 6. The van der Waals surface area contributed by atoms with Crippen molar-refractivity contribution in [3.05, 3.63) is 70.4 Å². The van der Waals surface area contributed by atoms with Crippen LogP contribution in [0.4, 0.5) is 16.2 Å². The summed E-state index contributed by atoms with van der Waals surface area (Å²) in [5.41, 5.74) is 1.85. The zero-order chi connectivity index (χ0) is 21.0. The predicted octanol–water partition coefficient (Wildman–Crippen LogP) is 3.43. The molecule has 2 aromatic carbocycles. The smallest absolute Gasteiger partial charge is 0.414 e. The van der Waals surface area contributed by atoms with Crippen LogP contribution in [-0.4, -0.2) is 42.2 Å². The zero-order valence-corrected chi connectivity index (χ0v) is 15.8. The summed E-state index contributed by atoms with van der Waals surface area (Å²) in [6.45, 7) is 0. The Kier molecular flexibility index (Phi) is 5.77. The minimum Gasteiger partial charge on any atom is -0.467 e. The Morgan fingerprint density at radius 1 is 1.10 bits per heavy atom. The van der Waals surface area contributed by atoms with Crippen LogP contribution in [0.25, 0.3) is 10.9 Å². The molecule has 0 aliphatic heterocycles. The molecule has 9 heteroatoms. The lowest BCUT2D eigenvalue weighted by molar-refractivity contribution is -0.384. The van der Waals surface area contributed by atoms with E-state index in [0.29, 0.717) is 0 Å². The lowest BCUT2D eigenvalue weighted by Crippen LogP contribution is -2.47. The van der Waals surface area contributed by atoms with Crippen LogP contribution in [0.15, 0.2) is 54.7 Å². The van der Waals surface area contributed by atoms with Gasteiger partial charge in [-0.25, -0.2) is 9.59 Å². The van der Waals surface area contributed by atoms with E-state index in [2.05, 4.69) is 4.98 Å². The van der Waals surface area contributed by atoms with Crippen molar-refractivity contribution in [3.63, 3.8) is 0 Å². The van der Waals surface area contributed by atoms with Gasteiger partial charge in [-0.05, 0) is 23.8 Å². The normalized spacial score (nSPS) is 11.7. The Morgan fingerprint density at radius 3 is 2.41 bits per heavy atom. The van der Waals surface area contributed by atoms with E-state index in [4.69, 9.17) is 9.47 Å². The summed E-state index contributed by atoms with van der Waals surface area (Å²) < 4.78 is 9.79. The van der Waals surface area contributed by atoms with Crippen LogP contribution in [-0.2, 0) is 20.7 Å². The number of H-pyrrole nitrogens is 1. The van der Waals surface area contributed by atoms with E-state index in [1.807, 2.05) is 24.3 Å². The molecule has 1 N–H and O–H groups in total. The summed E-state index contributed by atoms with van der Waals surface area (Å²) in [4.78, 5) is 39.8. The minimum absolute atomic E-state index is 0.134. The number of nitrogens with zero attached hydrogens (tertiary/aromatic N) is 2. The van der Waals surface area contributed by atoms with Gasteiger partial charge in [0.1, 0.15) is 6.04 Å². The third kappa shape index (κ3) is 4.03. The van der Waals surface area contributed by atoms with Crippen molar-refractivity contribution < 1.29 is 24.0 Å². The van der Waals surface area contributed by atoms with E-state index in [9.17, 15) is 19.7 Å². The number of anilines is 1. The first-order chi connectivity index (χ1) is 14.0. The molecule has 0 radical (unpaired) electrons. The summed E-state index contributed by atoms with van der Waals surface area (Å²) in [6.07, 6.45) is 1.14. The van der Waals surface area contributed by atoms with E-state index in [-0.39, 0.29) is 17.8 Å². The molecule has 29 heavy (non-hydrogen) atoms. The highest BCUT2D eigenvalue weighted by Crippen LogP contribution is 2.26. The average molecular weight is 397 g/mol. The van der Waals surface area contributed by atoms with Crippen LogP contribution in [0.1, 0.15) is 5.56 Å². The first kappa shape index (κ1) is 19.9. The number of nitro groups is 1. The molecule has 1 aromatic heterocycles. The number of carbonyl (C=O) groups is 2. The summed E-state index contributed by atoms with van der Waals surface area (Å²) in [5, 5.41) is 11.8. The van der Waals surface area contributed by atoms with Crippen LogP contribution in [0.2, 0.25) is 0 Å². The fourth-order valence-corrected chi connectivity index (χ4v) is 3.17. The van der Waals surface area contributed by atoms with Crippen LogP contribution >= 0.6 is 0 Å². The van der Waals surface area contributed by atoms with E-state index in [1.165, 1.54) is 38.5 Å². The average Bonchev–Trinajstić information content (AvgIpc) is 3.15. The van der Waals surface area contributed by atoms with Crippen LogP contribution in [0.5, 0.6) is 0 Å². The van der Waals surface area contributed by atoms with Crippen molar-refractivity contribution in [2.45, 2.75) is 12.5 Å². The number of fused-ring (bicyclic) bond motifs is 1. The number of hydrogen-bond donors (Lipinski definition) is 1. The second-order valence-corrected chi connectivity index (χ2v) is 6.22. The molecule has 0 spiro atoms. The number of nitrogens with one attached hydrogen (secondary N) is 1. The molecule has 9 nitrogen and oxygen atoms in total. The first-order valence-corrected chi connectivity index (χ1v) is 8.70. The van der Waals surface area contributed by atoms with Gasteiger partial charge in [0.2, 0.25) is 0 Å². The molecule has 0 bridgehead atoms. The summed E-state index contributed by atoms with van der Waals surface area (Å²) in [7, 11) is 2.43. The molecule has 0 aliphatic rings. The van der Waals surface area contributed by atoms with Crippen LogP contribution < -0.4 is 4.90 Å². The Hall–Kier alpha value is -3.88. The SMILES string of the molecule is COC(=O)C(Cc1c[nH]c2ccccc12)N(C(=O)OC)c1ccc([N+](=O)[O-])cc1. The maximum atomic E-state index is 12.6. The number of amides is 1. The molecular formula is C20H19N3O6. The molecule has 0 saturated carbocycles. The number of carbonyl (C=O) groups excluding carboxylic acids is 2. The molecule has 1 unspecified atom stereocenters. The van der Waals surface area contributed by atoms with Crippen molar-refractivity contribution in [2.75, 3.05) is 19.1 Å². The molecule has 1 atom stereocenters. The standard InChI is InChI=1S/C20H19N3O6/c1-28-19(24)18(11-13-12-21-17-6-4-3-5-16(13)17)22(20(25)29-2)14-7-9-15(10-8-14)23(26)27/h3-10,12,18,21H,11H2,1-2H3. The molecule has 3 aromatic rings. The molecule has 0 fully saturated rings. The lowest BCUT2D eigenvalue weighted by Gasteiger charge is -2.28. The van der Waals surface area contributed by atoms with Gasteiger partial charge in [0.15, 0.2) is 0 Å². The highest BCUT2D eigenvalue weighted by Gasteiger charge is 2.34. The Morgan fingerprint density at radius 2 is 1.79 bits per heavy atom. The van der Waals surface area contributed by atoms with Crippen molar-refractivity contribution in [1.82, 2.24) is 4.98 Å². The van der Waals surface area contributed by atoms with E-state index >= 15 is 0 Å². The first-order valence-electron chi connectivity index (χ1n) is 8.70. The predicted molar refractivity (Wildman–Crippen MR) is 106 cm³/mol. The van der Waals surface area contributed by atoms with E-state index < -0.39 is 23.0 Å². The summed E-state index contributed by atoms with van der Waals surface area (Å²) >= 11 is 0. The maximum Gasteiger partial charge on any atom is 0.414 e. The molecule has 0 saturated heterocycles. The van der Waals surface area contributed by atoms with Crippen molar-refractivity contribution in [1.29, 1.82) is 0 Å². The Balaban J connectivity index is 2.03. The molecule has 3 rings (SSSR count). The fourth-order valence-electron chi connectivity index (χ4n) is 3.17. The van der Waals surface area contributed by atoms with E-state index in [1.54, 1.807) is 6.20 Å². The van der Waals surface area contributed by atoms with Gasteiger partial charge in [-0.15, -0.1) is 0 Å². The Labute approximate surface area is 166 Å². The van der Waals surface area contributed by atoms with E-state index in [0.717, 1.165) is 21.4 Å². The molecule has 1 amide bonds. The third-order valence-corrected chi connectivity index (χ3v) is 4.58. The fraction of sp³-hybridized carbons (Fsp3) is 0.200. The Bertz CT molecular complexity index is 1040. The maximum absolute atomic E-state index is 12.6. The quantitative estimate of drug-likeness (QED) is 0.387. The number of esters is 1. The van der Waals surface area contributed by atoms with Crippen molar-refractivity contribution in [2.24, 2.45) is 0 Å². The van der Waals surface area contributed by atoms with Gasteiger partial charge in [-0.1, -0.05) is 18.2 Å². The number of aromatic amines is 1. The number of nitro benzene ring substituents is 1. The van der Waals surface area contributed by atoms with Gasteiger partial charge in [0, 0.05) is 41.3 Å². The number of benzene rings is 2. The number of para-hydroxylation sites is 1. The van der Waals surface area contributed by atoms with Gasteiger partial charge in [0.05, 0.1) is 19.1 Å². The van der Waals surface area contributed by atoms with Crippen LogP contribution in [0.3, 0.4) is 0 Å². The monoisotopic (exact) mass is 397 g/mol. The molecule has 150 valence electrons. The highest BCUT2D eigenvalue weighted by atomic mass is 16.6. The summed E-state index contributed by atoms with van der Waals surface area (Å²) in [6, 6.07) is 11.8. The number of hydrogen-bond acceptors (Lipinski definition) is 6. The number of methoxy groups -OCH3 is 2. The van der Waals surface area contributed by atoms with Gasteiger partial charge < -0.3 is 14.5 Å². The topological polar surface area (TPSA) is 115 Å². The van der Waals surface area contributed by atoms with Crippen LogP contribution in [0, 0.1) is 10.1 Å².